The number of hydrogen-bond donors (Lipinski definition) is 0. The van der Waals surface area contributed by atoms with E-state index in [0.29, 0.717) is 11.3 Å². The smallest absolute Gasteiger partial charge is 0.188 e. The summed E-state index contributed by atoms with van der Waals surface area (Å²) < 4.78 is 7.10. The summed E-state index contributed by atoms with van der Waals surface area (Å²) in [7, 11) is 0. The molecule has 13 aromatic rings. The van der Waals surface area contributed by atoms with Crippen LogP contribution in [0.3, 0.4) is 0 Å². The van der Waals surface area contributed by atoms with Crippen LogP contribution in [0.2, 0.25) is 0 Å². The molecule has 1 unspecified atom stereocenters. The van der Waals surface area contributed by atoms with Crippen LogP contribution in [0.15, 0.2) is 210 Å². The van der Waals surface area contributed by atoms with E-state index in [1.807, 2.05) is 48.4 Å². The first kappa shape index (κ1) is 38.0. The molecule has 0 saturated carbocycles. The van der Waals surface area contributed by atoms with Gasteiger partial charge in [0.2, 0.25) is 0 Å². The Labute approximate surface area is 399 Å². The Balaban J connectivity index is 1.07. The molecule has 318 valence electrons. The van der Waals surface area contributed by atoms with Crippen LogP contribution in [0.5, 0.6) is 0 Å². The lowest BCUT2D eigenvalue weighted by molar-refractivity contribution is 0.711. The van der Waals surface area contributed by atoms with Gasteiger partial charge in [-0.3, -0.25) is 9.97 Å². The van der Waals surface area contributed by atoms with Gasteiger partial charge < -0.3 is 13.7 Å². The van der Waals surface area contributed by atoms with Gasteiger partial charge in [0.15, 0.2) is 5.69 Å². The summed E-state index contributed by atoms with van der Waals surface area (Å²) in [5.41, 5.74) is 16.1. The Hall–Kier alpha value is -9.21. The van der Waals surface area contributed by atoms with E-state index in [0.717, 1.165) is 110 Å². The molecule has 8 heteroatoms. The molecule has 0 saturated heterocycles. The quantitative estimate of drug-likeness (QED) is 0.166. The van der Waals surface area contributed by atoms with Gasteiger partial charge in [0.05, 0.1) is 85.7 Å². The predicted octanol–water partition coefficient (Wildman–Crippen LogP) is 15.0. The highest BCUT2D eigenvalue weighted by atomic mass is 32.2. The number of hydrogen-bond acceptors (Lipinski definition) is 4. The molecule has 6 heterocycles. The molecule has 1 aliphatic carbocycles. The van der Waals surface area contributed by atoms with Crippen molar-refractivity contribution >= 4 is 82.9 Å². The van der Waals surface area contributed by atoms with Gasteiger partial charge in [-0.25, -0.2) is 4.85 Å². The van der Waals surface area contributed by atoms with E-state index in [1.54, 1.807) is 0 Å². The highest BCUT2D eigenvalue weighted by Crippen LogP contribution is 2.63. The van der Waals surface area contributed by atoms with Crippen LogP contribution in [0.4, 0.5) is 5.69 Å². The van der Waals surface area contributed by atoms with Crippen molar-refractivity contribution in [2.75, 3.05) is 0 Å². The van der Waals surface area contributed by atoms with Crippen molar-refractivity contribution in [2.45, 2.75) is 15.2 Å². The van der Waals surface area contributed by atoms with Crippen molar-refractivity contribution in [3.8, 4) is 34.5 Å². The van der Waals surface area contributed by atoms with Gasteiger partial charge in [-0.15, -0.1) is 0 Å². The average Bonchev–Trinajstić information content (AvgIpc) is 4.12. The maximum atomic E-state index is 9.99. The summed E-state index contributed by atoms with van der Waals surface area (Å²) in [6, 6.07) is 69.2. The Kier molecular flexibility index (Phi) is 7.65. The number of aromatic nitrogens is 5. The molecule has 0 N–H and O–H groups in total. The van der Waals surface area contributed by atoms with Gasteiger partial charge in [-0.1, -0.05) is 109 Å². The van der Waals surface area contributed by atoms with E-state index in [9.17, 15) is 5.26 Å². The number of benzene rings is 8. The second-order valence-corrected chi connectivity index (χ2v) is 19.0. The molecule has 5 aromatic heterocycles. The lowest BCUT2D eigenvalue weighted by Crippen LogP contribution is -2.33. The first-order chi connectivity index (χ1) is 34.1. The van der Waals surface area contributed by atoms with E-state index < -0.39 is 5.41 Å². The summed E-state index contributed by atoms with van der Waals surface area (Å²) in [5, 5.41) is 16.7. The molecule has 69 heavy (non-hydrogen) atoms. The maximum absolute atomic E-state index is 9.99. The van der Waals surface area contributed by atoms with E-state index in [1.165, 1.54) is 16.3 Å². The largest absolute Gasteiger partial charge is 0.309 e. The summed E-state index contributed by atoms with van der Waals surface area (Å²) in [4.78, 5) is 16.7. The van der Waals surface area contributed by atoms with Crippen LogP contribution >= 0.6 is 11.8 Å². The van der Waals surface area contributed by atoms with E-state index in [2.05, 4.69) is 188 Å². The number of nitrogens with zero attached hydrogens (tertiary/aromatic N) is 7. The summed E-state index contributed by atoms with van der Waals surface area (Å²) in [6.07, 6.45) is 3.88. The SMILES string of the molecule is [C-]#[N+]c1ccc2c(c1)c1ccccc1n2-c1ccc2c(c1)Sc1cccc(-n3c4ccccc4c4ccccc43)c1C21c2cccnc2-c2ncc(-n3c4ccccc4c4cc(C#N)ccc43)cc21. The van der Waals surface area contributed by atoms with Crippen LogP contribution in [0, 0.1) is 17.9 Å². The molecule has 8 aromatic carbocycles. The fourth-order valence-corrected chi connectivity index (χ4v) is 13.2. The van der Waals surface area contributed by atoms with Crippen molar-refractivity contribution in [2.24, 2.45) is 0 Å². The van der Waals surface area contributed by atoms with Crippen molar-refractivity contribution < 1.29 is 0 Å². The highest BCUT2D eigenvalue weighted by molar-refractivity contribution is 7.99. The van der Waals surface area contributed by atoms with Gasteiger partial charge in [-0.2, -0.15) is 5.26 Å². The van der Waals surface area contributed by atoms with Crippen LogP contribution in [-0.2, 0) is 5.41 Å². The second-order valence-electron chi connectivity index (χ2n) is 17.9. The van der Waals surface area contributed by atoms with Gasteiger partial charge in [0.1, 0.15) is 0 Å². The molecule has 1 aliphatic heterocycles. The Morgan fingerprint density at radius 3 is 1.78 bits per heavy atom. The molecular weight excluding hydrogens is 863 g/mol. The predicted molar refractivity (Wildman–Crippen MR) is 277 cm³/mol. The lowest BCUT2D eigenvalue weighted by Gasteiger charge is -2.41. The minimum Gasteiger partial charge on any atom is -0.309 e. The minimum atomic E-state index is -0.877. The fourth-order valence-electron chi connectivity index (χ4n) is 11.9. The van der Waals surface area contributed by atoms with Crippen LogP contribution < -0.4 is 0 Å². The van der Waals surface area contributed by atoms with Crippen molar-refractivity contribution in [1.82, 2.24) is 23.7 Å². The standard InChI is InChI=1S/C61H33N7S/c1-63-37-24-28-54-45(31-37)43-15-5-6-17-49(43)66(54)38-25-26-46-57(33-38)69-56-22-10-21-55(68-51-19-8-2-12-40(51)41-13-3-9-20-52(41)68)58(56)61(46)47-16-11-29-64-59(47)60-48(61)32-39(35-65-60)67-50-18-7-4-14-42(50)44-30-36(34-62)23-27-53(44)67/h2-33,35H. The third-order valence-electron chi connectivity index (χ3n) is 14.6. The third-order valence-corrected chi connectivity index (χ3v) is 15.7. The zero-order valence-electron chi connectivity index (χ0n) is 36.6. The molecular formula is C61H33N7S. The molecule has 0 fully saturated rings. The second kappa shape index (κ2) is 13.9. The summed E-state index contributed by atoms with van der Waals surface area (Å²) >= 11 is 1.81. The van der Waals surface area contributed by atoms with Gasteiger partial charge in [0, 0.05) is 59.7 Å². The molecule has 1 spiro atoms. The van der Waals surface area contributed by atoms with Gasteiger partial charge >= 0.3 is 0 Å². The average molecular weight is 896 g/mol. The highest BCUT2D eigenvalue weighted by Gasteiger charge is 2.53. The Morgan fingerprint density at radius 1 is 0.478 bits per heavy atom. The monoisotopic (exact) mass is 895 g/mol. The zero-order valence-corrected chi connectivity index (χ0v) is 37.4. The molecule has 7 nitrogen and oxygen atoms in total. The first-order valence-corrected chi connectivity index (χ1v) is 23.7. The van der Waals surface area contributed by atoms with E-state index in [-0.39, 0.29) is 0 Å². The zero-order chi connectivity index (χ0) is 45.5. The Morgan fingerprint density at radius 2 is 1.09 bits per heavy atom. The molecule has 0 radical (unpaired) electrons. The van der Waals surface area contributed by atoms with Crippen molar-refractivity contribution in [3.63, 3.8) is 0 Å². The van der Waals surface area contributed by atoms with E-state index >= 15 is 0 Å². The fraction of sp³-hybridized carbons (Fsp3) is 0.0164. The number of para-hydroxylation sites is 4. The number of pyridine rings is 2. The van der Waals surface area contributed by atoms with E-state index in [4.69, 9.17) is 16.5 Å². The number of nitriles is 1. The minimum absolute atomic E-state index is 0.622. The maximum Gasteiger partial charge on any atom is 0.188 e. The van der Waals surface area contributed by atoms with Crippen molar-refractivity contribution in [1.29, 1.82) is 5.26 Å². The third kappa shape index (κ3) is 4.95. The molecule has 2 aliphatic rings. The Bertz CT molecular complexity index is 4470. The number of rotatable bonds is 3. The normalized spacial score (nSPS) is 14.6. The molecule has 0 bridgehead atoms. The number of fused-ring (bicyclic) bond motifs is 18. The summed E-state index contributed by atoms with van der Waals surface area (Å²) in [6.45, 7) is 7.82. The van der Waals surface area contributed by atoms with Gasteiger partial charge in [-0.05, 0) is 108 Å². The van der Waals surface area contributed by atoms with Crippen LogP contribution in [-0.4, -0.2) is 23.7 Å². The lowest BCUT2D eigenvalue weighted by atomic mass is 9.67. The van der Waals surface area contributed by atoms with Crippen LogP contribution in [0.25, 0.3) is 98.7 Å². The first-order valence-electron chi connectivity index (χ1n) is 22.9. The summed E-state index contributed by atoms with van der Waals surface area (Å²) in [5.74, 6) is 0. The molecule has 1 atom stereocenters. The molecule has 0 amide bonds. The molecule has 15 rings (SSSR count). The van der Waals surface area contributed by atoms with Crippen molar-refractivity contribution in [3.05, 3.63) is 240 Å². The topological polar surface area (TPSA) is 68.7 Å². The van der Waals surface area contributed by atoms with Crippen LogP contribution in [0.1, 0.15) is 27.8 Å². The van der Waals surface area contributed by atoms with Gasteiger partial charge in [0.25, 0.3) is 0 Å².